The van der Waals surface area contributed by atoms with Gasteiger partial charge in [-0.25, -0.2) is 0 Å². The smallest absolute Gasteiger partial charge is 0.303 e. The second kappa shape index (κ2) is 35.5. The number of ether oxygens (including phenoxy) is 14. The lowest BCUT2D eigenvalue weighted by atomic mass is 9.96. The van der Waals surface area contributed by atoms with E-state index >= 15 is 0 Å². The van der Waals surface area contributed by atoms with Crippen molar-refractivity contribution in [3.63, 3.8) is 0 Å². The van der Waals surface area contributed by atoms with Gasteiger partial charge in [-0.2, -0.15) is 0 Å². The summed E-state index contributed by atoms with van der Waals surface area (Å²) in [4.78, 5) is 119. The topological polar surface area (TPSA) is 360 Å². The van der Waals surface area contributed by atoms with E-state index in [-0.39, 0.29) is 117 Å². The fraction of sp³-hybridized carbons (Fsp3) is 0.773. The fourth-order valence-corrected chi connectivity index (χ4v) is 6.90. The molecule has 2 heterocycles. The summed E-state index contributed by atoms with van der Waals surface area (Å²) < 4.78 is 77.2. The molecule has 0 aromatic heterocycles. The van der Waals surface area contributed by atoms with E-state index in [4.69, 9.17) is 66.3 Å². The lowest BCUT2D eigenvalue weighted by molar-refractivity contribution is -0.279. The van der Waals surface area contributed by atoms with Gasteiger partial charge in [-0.15, -0.1) is 0 Å². The standard InChI is InChI=1S/C44H71N5O24/c1-25(50)48-37-41(70-31(7)56)39(68-29(5)54)33(23-66-27(3)52)72-43(37)64-19-17-62-15-13-60-11-9-46-35(58)21-45-22-36(59)47-10-12-61-14-16-63-18-20-65-44-38(49-26(2)51)42(71-32(8)57)40(69-30(6)55)34(73-44)24-67-28(4)53/h33-34,37-45H,9-24H2,1-8H3,(H,46,58)(H,47,59)(H,48,50)(H,49,51). The fourth-order valence-electron chi connectivity index (χ4n) is 6.90. The molecule has 29 nitrogen and oxygen atoms in total. The molecule has 0 aliphatic carbocycles. The number of esters is 6. The zero-order chi connectivity index (χ0) is 54.3. The second-order valence-corrected chi connectivity index (χ2v) is 15.9. The number of carbonyl (C=O) groups excluding carboxylic acids is 10. The number of hydrogen-bond acceptors (Lipinski definition) is 25. The van der Waals surface area contributed by atoms with Crippen LogP contribution in [0.4, 0.5) is 0 Å². The average Bonchev–Trinajstić information content (AvgIpc) is 3.28. The van der Waals surface area contributed by atoms with Crippen molar-refractivity contribution >= 4 is 59.4 Å². The number of nitrogens with one attached hydrogen (secondary N) is 5. The summed E-state index contributed by atoms with van der Waals surface area (Å²) >= 11 is 0. The van der Waals surface area contributed by atoms with Crippen molar-refractivity contribution < 1.29 is 114 Å². The molecular weight excluding hydrogens is 982 g/mol. The zero-order valence-corrected chi connectivity index (χ0v) is 42.4. The molecule has 0 aromatic carbocycles. The van der Waals surface area contributed by atoms with Crippen LogP contribution in [0.25, 0.3) is 0 Å². The summed E-state index contributed by atoms with van der Waals surface area (Å²) in [6.07, 6.45) is -9.70. The molecular formula is C44H71N5O24. The first-order valence-electron chi connectivity index (χ1n) is 23.3. The highest BCUT2D eigenvalue weighted by molar-refractivity contribution is 5.81. The molecule has 29 heteroatoms. The highest BCUT2D eigenvalue weighted by atomic mass is 16.7. The summed E-state index contributed by atoms with van der Waals surface area (Å²) in [6, 6.07) is -2.23. The summed E-state index contributed by atoms with van der Waals surface area (Å²) in [6.45, 7) is 9.65. The van der Waals surface area contributed by atoms with Crippen molar-refractivity contribution in [1.82, 2.24) is 26.6 Å². The van der Waals surface area contributed by atoms with Crippen molar-refractivity contribution in [3.8, 4) is 0 Å². The third-order valence-electron chi connectivity index (χ3n) is 9.61. The SMILES string of the molecule is CC(=O)NC1C(OCCOCCOCCNC(=O)CNCC(=O)NCCOCCOCCOC2OC(COC(C)=O)C(OC(C)=O)C(OC(C)=O)C2NC(C)=O)OC(COC(C)=O)C(OC(C)=O)C1OC(C)=O. The summed E-state index contributed by atoms with van der Waals surface area (Å²) in [7, 11) is 0. The Kier molecular flexibility index (Phi) is 30.8. The third kappa shape index (κ3) is 27.3. The van der Waals surface area contributed by atoms with Crippen LogP contribution in [0.5, 0.6) is 0 Å². The van der Waals surface area contributed by atoms with Crippen LogP contribution in [0.3, 0.4) is 0 Å². The van der Waals surface area contributed by atoms with E-state index in [0.717, 1.165) is 27.7 Å². The maximum absolute atomic E-state index is 12.2. The van der Waals surface area contributed by atoms with Gasteiger partial charge >= 0.3 is 35.8 Å². The minimum absolute atomic E-state index is 0.0475. The summed E-state index contributed by atoms with van der Waals surface area (Å²) in [5.41, 5.74) is 0. The molecule has 0 spiro atoms. The Morgan fingerprint density at radius 1 is 0.397 bits per heavy atom. The van der Waals surface area contributed by atoms with Gasteiger partial charge in [-0.3, -0.25) is 53.3 Å². The monoisotopic (exact) mass is 1050 g/mol. The van der Waals surface area contributed by atoms with Crippen LogP contribution < -0.4 is 26.6 Å². The van der Waals surface area contributed by atoms with E-state index in [1.165, 1.54) is 27.7 Å². The molecule has 0 bridgehead atoms. The van der Waals surface area contributed by atoms with Crippen LogP contribution in [0.1, 0.15) is 55.4 Å². The number of hydrogen-bond donors (Lipinski definition) is 5. The van der Waals surface area contributed by atoms with Crippen LogP contribution in [0, 0.1) is 0 Å². The normalized spacial score (nSPS) is 23.4. The first-order chi connectivity index (χ1) is 34.7. The largest absolute Gasteiger partial charge is 0.463 e. The molecule has 2 saturated heterocycles. The van der Waals surface area contributed by atoms with Crippen molar-refractivity contribution in [2.45, 2.75) is 117 Å². The van der Waals surface area contributed by atoms with Crippen molar-refractivity contribution in [1.29, 1.82) is 0 Å². The molecule has 5 N–H and O–H groups in total. The Bertz CT molecular complexity index is 1670. The van der Waals surface area contributed by atoms with E-state index in [1.54, 1.807) is 0 Å². The second-order valence-electron chi connectivity index (χ2n) is 15.9. The van der Waals surface area contributed by atoms with E-state index in [1.807, 2.05) is 0 Å². The number of carbonyl (C=O) groups is 10. The van der Waals surface area contributed by atoms with Crippen LogP contribution in [0.15, 0.2) is 0 Å². The van der Waals surface area contributed by atoms with Gasteiger partial charge in [0.1, 0.15) is 37.5 Å². The highest BCUT2D eigenvalue weighted by Gasteiger charge is 2.52. The van der Waals surface area contributed by atoms with Gasteiger partial charge in [-0.05, 0) is 0 Å². The molecule has 10 unspecified atom stereocenters. The van der Waals surface area contributed by atoms with Gasteiger partial charge < -0.3 is 87.6 Å². The molecule has 73 heavy (non-hydrogen) atoms. The maximum atomic E-state index is 12.2. The summed E-state index contributed by atoms with van der Waals surface area (Å²) in [5, 5.41) is 13.2. The van der Waals surface area contributed by atoms with Gasteiger partial charge in [0.2, 0.25) is 23.6 Å². The first-order valence-corrected chi connectivity index (χ1v) is 23.3. The number of rotatable bonds is 34. The van der Waals surface area contributed by atoms with Crippen LogP contribution >= 0.6 is 0 Å². The third-order valence-corrected chi connectivity index (χ3v) is 9.61. The Morgan fingerprint density at radius 3 is 1.03 bits per heavy atom. The first kappa shape index (κ1) is 63.5. The number of amides is 4. The molecule has 2 rings (SSSR count). The maximum Gasteiger partial charge on any atom is 0.303 e. The van der Waals surface area contributed by atoms with Crippen molar-refractivity contribution in [3.05, 3.63) is 0 Å². The Morgan fingerprint density at radius 2 is 0.712 bits per heavy atom. The Labute approximate surface area is 421 Å². The molecule has 416 valence electrons. The summed E-state index contributed by atoms with van der Waals surface area (Å²) in [5.74, 6) is -5.99. The van der Waals surface area contributed by atoms with E-state index in [2.05, 4.69) is 26.6 Å². The minimum Gasteiger partial charge on any atom is -0.463 e. The van der Waals surface area contributed by atoms with E-state index in [9.17, 15) is 47.9 Å². The van der Waals surface area contributed by atoms with Gasteiger partial charge in [0.15, 0.2) is 37.0 Å². The highest BCUT2D eigenvalue weighted by Crippen LogP contribution is 2.29. The van der Waals surface area contributed by atoms with Crippen LogP contribution in [-0.4, -0.2) is 226 Å². The Hall–Kier alpha value is -5.66. The lowest BCUT2D eigenvalue weighted by Gasteiger charge is -2.44. The van der Waals surface area contributed by atoms with Crippen molar-refractivity contribution in [2.75, 3.05) is 105 Å². The predicted molar refractivity (Wildman–Crippen MR) is 242 cm³/mol. The molecule has 0 saturated carbocycles. The van der Waals surface area contributed by atoms with Crippen LogP contribution in [0.2, 0.25) is 0 Å². The molecule has 0 aromatic rings. The quantitative estimate of drug-likeness (QED) is 0.0235. The molecule has 2 fully saturated rings. The Balaban J connectivity index is 1.59. The van der Waals surface area contributed by atoms with E-state index in [0.29, 0.717) is 0 Å². The average molecular weight is 1050 g/mol. The lowest BCUT2D eigenvalue weighted by Crippen LogP contribution is -2.66. The van der Waals surface area contributed by atoms with Gasteiger partial charge in [-0.1, -0.05) is 0 Å². The molecule has 0 radical (unpaired) electrons. The molecule has 2 aliphatic rings. The molecule has 4 amide bonds. The van der Waals surface area contributed by atoms with Gasteiger partial charge in [0, 0.05) is 68.5 Å². The predicted octanol–water partition coefficient (Wildman–Crippen LogP) is -3.78. The zero-order valence-electron chi connectivity index (χ0n) is 42.4. The molecule has 10 atom stereocenters. The van der Waals surface area contributed by atoms with Gasteiger partial charge in [0.05, 0.1) is 79.2 Å². The minimum atomic E-state index is -1.26. The van der Waals surface area contributed by atoms with Gasteiger partial charge in [0.25, 0.3) is 0 Å². The van der Waals surface area contributed by atoms with Crippen molar-refractivity contribution in [2.24, 2.45) is 0 Å². The van der Waals surface area contributed by atoms with Crippen LogP contribution in [-0.2, 0) is 114 Å². The van der Waals surface area contributed by atoms with E-state index < -0.39 is 109 Å². The molecule has 2 aliphatic heterocycles.